The molecule has 5 nitrogen and oxygen atoms in total. The number of nitrogens with two attached hydrogens (primary N) is 1. The minimum atomic E-state index is 0.592. The van der Waals surface area contributed by atoms with Gasteiger partial charge in [0, 0.05) is 26.2 Å². The van der Waals surface area contributed by atoms with Crippen molar-refractivity contribution in [2.45, 2.75) is 32.6 Å². The van der Waals surface area contributed by atoms with Crippen LogP contribution in [0.25, 0.3) is 0 Å². The maximum atomic E-state index is 5.75. The fourth-order valence-electron chi connectivity index (χ4n) is 1.92. The second kappa shape index (κ2) is 10.1. The molecule has 1 saturated heterocycles. The molecule has 0 aromatic heterocycles. The topological polar surface area (TPSA) is 62.9 Å². The Balaban J connectivity index is 1.94. The molecule has 106 valence electrons. The molecule has 0 aliphatic carbocycles. The number of rotatable bonds is 8. The van der Waals surface area contributed by atoms with E-state index >= 15 is 0 Å². The predicted octanol–water partition coefficient (Wildman–Crippen LogP) is 0.803. The first kappa shape index (κ1) is 15.2. The average Bonchev–Trinajstić information content (AvgIpc) is 2.40. The van der Waals surface area contributed by atoms with Gasteiger partial charge in [-0.3, -0.25) is 9.89 Å². The molecule has 1 aliphatic heterocycles. The van der Waals surface area contributed by atoms with Gasteiger partial charge in [-0.05, 0) is 25.8 Å². The van der Waals surface area contributed by atoms with E-state index in [9.17, 15) is 0 Å². The summed E-state index contributed by atoms with van der Waals surface area (Å²) in [4.78, 5) is 6.77. The highest BCUT2D eigenvalue weighted by Crippen LogP contribution is 2.00. The molecule has 0 bridgehead atoms. The SMILES string of the molecule is CCCCNC(N)=NCCCCN1CCOCC1. The van der Waals surface area contributed by atoms with Crippen LogP contribution in [-0.2, 0) is 4.74 Å². The third-order valence-corrected chi connectivity index (χ3v) is 3.10. The molecule has 5 heteroatoms. The third-order valence-electron chi connectivity index (χ3n) is 3.10. The Morgan fingerprint density at radius 3 is 2.78 bits per heavy atom. The fraction of sp³-hybridized carbons (Fsp3) is 0.923. The van der Waals surface area contributed by atoms with Crippen molar-refractivity contribution in [1.82, 2.24) is 10.2 Å². The van der Waals surface area contributed by atoms with Crippen molar-refractivity contribution in [3.05, 3.63) is 0 Å². The van der Waals surface area contributed by atoms with E-state index in [-0.39, 0.29) is 0 Å². The molecular formula is C13H28N4O. The highest BCUT2D eigenvalue weighted by atomic mass is 16.5. The lowest BCUT2D eigenvalue weighted by Crippen LogP contribution is -2.36. The maximum absolute atomic E-state index is 5.75. The first-order valence-corrected chi connectivity index (χ1v) is 7.17. The van der Waals surface area contributed by atoms with Gasteiger partial charge in [0.15, 0.2) is 5.96 Å². The number of guanidine groups is 1. The van der Waals surface area contributed by atoms with Crippen LogP contribution >= 0.6 is 0 Å². The van der Waals surface area contributed by atoms with Crippen LogP contribution in [0, 0.1) is 0 Å². The zero-order valence-electron chi connectivity index (χ0n) is 11.7. The molecule has 18 heavy (non-hydrogen) atoms. The zero-order valence-corrected chi connectivity index (χ0v) is 11.7. The number of aliphatic imine (C=N–C) groups is 1. The van der Waals surface area contributed by atoms with Crippen molar-refractivity contribution in [2.24, 2.45) is 10.7 Å². The monoisotopic (exact) mass is 256 g/mol. The largest absolute Gasteiger partial charge is 0.379 e. The molecule has 1 fully saturated rings. The molecular weight excluding hydrogens is 228 g/mol. The average molecular weight is 256 g/mol. The van der Waals surface area contributed by atoms with Gasteiger partial charge >= 0.3 is 0 Å². The maximum Gasteiger partial charge on any atom is 0.188 e. The molecule has 0 amide bonds. The van der Waals surface area contributed by atoms with Gasteiger partial charge in [0.05, 0.1) is 13.2 Å². The zero-order chi connectivity index (χ0) is 13.1. The van der Waals surface area contributed by atoms with Crippen molar-refractivity contribution in [3.8, 4) is 0 Å². The lowest BCUT2D eigenvalue weighted by molar-refractivity contribution is 0.0373. The molecule has 0 saturated carbocycles. The van der Waals surface area contributed by atoms with Gasteiger partial charge in [-0.15, -0.1) is 0 Å². The molecule has 1 aliphatic rings. The number of hydrogen-bond donors (Lipinski definition) is 2. The van der Waals surface area contributed by atoms with Gasteiger partial charge in [0.1, 0.15) is 0 Å². The second-order valence-corrected chi connectivity index (χ2v) is 4.71. The Kier molecular flexibility index (Phi) is 8.59. The van der Waals surface area contributed by atoms with Crippen LogP contribution in [0.4, 0.5) is 0 Å². The standard InChI is InChI=1S/C13H28N4O/c1-2-3-6-15-13(14)16-7-4-5-8-17-9-11-18-12-10-17/h2-12H2,1H3,(H3,14,15,16). The number of hydrogen-bond acceptors (Lipinski definition) is 3. The molecule has 0 aromatic carbocycles. The number of unbranched alkanes of at least 4 members (excludes halogenated alkanes) is 2. The van der Waals surface area contributed by atoms with Crippen molar-refractivity contribution < 1.29 is 4.74 Å². The van der Waals surface area contributed by atoms with E-state index in [2.05, 4.69) is 22.1 Å². The normalized spacial score (nSPS) is 17.9. The van der Waals surface area contributed by atoms with Crippen molar-refractivity contribution >= 4 is 5.96 Å². The summed E-state index contributed by atoms with van der Waals surface area (Å²) in [5.41, 5.74) is 5.75. The number of nitrogens with zero attached hydrogens (tertiary/aromatic N) is 2. The highest BCUT2D eigenvalue weighted by Gasteiger charge is 2.08. The number of nitrogens with one attached hydrogen (secondary N) is 1. The van der Waals surface area contributed by atoms with Gasteiger partial charge in [-0.25, -0.2) is 0 Å². The van der Waals surface area contributed by atoms with E-state index in [4.69, 9.17) is 10.5 Å². The van der Waals surface area contributed by atoms with Gasteiger partial charge < -0.3 is 15.8 Å². The Morgan fingerprint density at radius 2 is 2.06 bits per heavy atom. The lowest BCUT2D eigenvalue weighted by Gasteiger charge is -2.26. The molecule has 0 atom stereocenters. The fourth-order valence-corrected chi connectivity index (χ4v) is 1.92. The van der Waals surface area contributed by atoms with Crippen LogP contribution in [-0.4, -0.2) is 56.8 Å². The minimum absolute atomic E-state index is 0.592. The summed E-state index contributed by atoms with van der Waals surface area (Å²) in [6, 6.07) is 0. The minimum Gasteiger partial charge on any atom is -0.379 e. The van der Waals surface area contributed by atoms with Crippen molar-refractivity contribution in [2.75, 3.05) is 45.9 Å². The summed E-state index contributed by atoms with van der Waals surface area (Å²) in [5, 5.41) is 3.12. The van der Waals surface area contributed by atoms with E-state index in [1.54, 1.807) is 0 Å². The van der Waals surface area contributed by atoms with Crippen LogP contribution in [0.15, 0.2) is 4.99 Å². The molecule has 3 N–H and O–H groups in total. The van der Waals surface area contributed by atoms with Crippen LogP contribution < -0.4 is 11.1 Å². The lowest BCUT2D eigenvalue weighted by atomic mass is 10.3. The molecule has 0 radical (unpaired) electrons. The molecule has 0 unspecified atom stereocenters. The summed E-state index contributed by atoms with van der Waals surface area (Å²) in [6.07, 6.45) is 4.62. The third kappa shape index (κ3) is 7.50. The Morgan fingerprint density at radius 1 is 1.28 bits per heavy atom. The van der Waals surface area contributed by atoms with Crippen LogP contribution in [0.2, 0.25) is 0 Å². The quantitative estimate of drug-likeness (QED) is 0.383. The number of ether oxygens (including phenoxy) is 1. The Bertz CT molecular complexity index is 227. The summed E-state index contributed by atoms with van der Waals surface area (Å²) >= 11 is 0. The predicted molar refractivity (Wildman–Crippen MR) is 75.9 cm³/mol. The Hall–Kier alpha value is -0.810. The van der Waals surface area contributed by atoms with Gasteiger partial charge in [0.25, 0.3) is 0 Å². The van der Waals surface area contributed by atoms with Gasteiger partial charge in [-0.2, -0.15) is 0 Å². The molecule has 0 aromatic rings. The van der Waals surface area contributed by atoms with E-state index in [0.717, 1.165) is 58.8 Å². The van der Waals surface area contributed by atoms with Gasteiger partial charge in [-0.1, -0.05) is 13.3 Å². The van der Waals surface area contributed by atoms with Crippen LogP contribution in [0.3, 0.4) is 0 Å². The van der Waals surface area contributed by atoms with E-state index in [0.29, 0.717) is 5.96 Å². The number of morpholine rings is 1. The summed E-state index contributed by atoms with van der Waals surface area (Å²) in [6.45, 7) is 8.99. The summed E-state index contributed by atoms with van der Waals surface area (Å²) in [5.74, 6) is 0.592. The smallest absolute Gasteiger partial charge is 0.188 e. The first-order valence-electron chi connectivity index (χ1n) is 7.17. The van der Waals surface area contributed by atoms with Crippen LogP contribution in [0.5, 0.6) is 0 Å². The molecule has 0 spiro atoms. The first-order chi connectivity index (χ1) is 8.83. The van der Waals surface area contributed by atoms with Crippen molar-refractivity contribution in [1.29, 1.82) is 0 Å². The summed E-state index contributed by atoms with van der Waals surface area (Å²) in [7, 11) is 0. The van der Waals surface area contributed by atoms with Crippen molar-refractivity contribution in [3.63, 3.8) is 0 Å². The van der Waals surface area contributed by atoms with E-state index in [1.165, 1.54) is 12.8 Å². The highest BCUT2D eigenvalue weighted by molar-refractivity contribution is 5.77. The Labute approximate surface area is 111 Å². The molecule has 1 heterocycles. The van der Waals surface area contributed by atoms with E-state index in [1.807, 2.05) is 0 Å². The second-order valence-electron chi connectivity index (χ2n) is 4.71. The molecule has 1 rings (SSSR count). The van der Waals surface area contributed by atoms with E-state index < -0.39 is 0 Å². The summed E-state index contributed by atoms with van der Waals surface area (Å²) < 4.78 is 5.32. The van der Waals surface area contributed by atoms with Gasteiger partial charge in [0.2, 0.25) is 0 Å². The van der Waals surface area contributed by atoms with Crippen LogP contribution in [0.1, 0.15) is 32.6 Å².